The molecule has 2 fully saturated rings. The lowest BCUT2D eigenvalue weighted by Crippen LogP contribution is -2.67. The highest BCUT2D eigenvalue weighted by atomic mass is 35.5. The van der Waals surface area contributed by atoms with Gasteiger partial charge in [0.2, 0.25) is 0 Å². The van der Waals surface area contributed by atoms with Gasteiger partial charge in [0.25, 0.3) is 0 Å². The van der Waals surface area contributed by atoms with Crippen molar-refractivity contribution in [3.63, 3.8) is 0 Å². The Labute approximate surface area is 234 Å². The number of benzene rings is 1. The van der Waals surface area contributed by atoms with Gasteiger partial charge in [0.1, 0.15) is 18.3 Å². The highest BCUT2D eigenvalue weighted by molar-refractivity contribution is 6.30. The van der Waals surface area contributed by atoms with Gasteiger partial charge in [-0.2, -0.15) is 0 Å². The van der Waals surface area contributed by atoms with E-state index in [1.165, 1.54) is 11.8 Å². The molecule has 0 radical (unpaired) electrons. The van der Waals surface area contributed by atoms with Crippen LogP contribution in [0.3, 0.4) is 0 Å². The van der Waals surface area contributed by atoms with E-state index in [4.69, 9.17) is 21.1 Å². The number of fused-ring (bicyclic) bond motifs is 3. The number of halogens is 1. The van der Waals surface area contributed by atoms with Crippen LogP contribution in [-0.4, -0.2) is 64.9 Å². The number of aliphatic hydroxyl groups excluding tert-OH is 2. The summed E-state index contributed by atoms with van der Waals surface area (Å²) < 4.78 is 11.3. The summed E-state index contributed by atoms with van der Waals surface area (Å²) in [6.45, 7) is 9.13. The lowest BCUT2D eigenvalue weighted by atomic mass is 9.58. The second kappa shape index (κ2) is 9.33. The molecule has 0 saturated heterocycles. The molecular formula is C30H38ClNO7. The van der Waals surface area contributed by atoms with Crippen LogP contribution in [0.4, 0.5) is 10.5 Å². The molecule has 2 bridgehead atoms. The fourth-order valence-corrected chi connectivity index (χ4v) is 8.15. The number of anilines is 1. The van der Waals surface area contributed by atoms with Crippen LogP contribution in [0, 0.1) is 34.5 Å². The molecule has 8 nitrogen and oxygen atoms in total. The van der Waals surface area contributed by atoms with Crippen LogP contribution in [-0.2, 0) is 14.3 Å². The second-order valence-corrected chi connectivity index (χ2v) is 12.9. The zero-order valence-electron chi connectivity index (χ0n) is 23.2. The molecule has 212 valence electrons. The van der Waals surface area contributed by atoms with Gasteiger partial charge < -0.3 is 24.8 Å². The van der Waals surface area contributed by atoms with Gasteiger partial charge >= 0.3 is 12.1 Å². The lowest BCUT2D eigenvalue weighted by Gasteiger charge is -2.52. The van der Waals surface area contributed by atoms with Crippen LogP contribution >= 0.6 is 11.6 Å². The van der Waals surface area contributed by atoms with Crippen molar-refractivity contribution < 1.29 is 34.4 Å². The Balaban J connectivity index is 1.58. The largest absolute Gasteiger partial charge is 0.461 e. The van der Waals surface area contributed by atoms with Crippen molar-refractivity contribution in [2.75, 3.05) is 18.6 Å². The van der Waals surface area contributed by atoms with E-state index in [-0.39, 0.29) is 29.8 Å². The summed E-state index contributed by atoms with van der Waals surface area (Å²) in [6, 6.07) is 6.66. The minimum absolute atomic E-state index is 0.0253. The summed E-state index contributed by atoms with van der Waals surface area (Å²) in [4.78, 5) is 26.4. The first kappa shape index (κ1) is 28.1. The smallest absolute Gasteiger partial charge is 0.414 e. The summed E-state index contributed by atoms with van der Waals surface area (Å²) in [5.74, 6) is -0.729. The van der Waals surface area contributed by atoms with Crippen molar-refractivity contribution in [3.05, 3.63) is 52.6 Å². The average molecular weight is 560 g/mol. The van der Waals surface area contributed by atoms with Crippen LogP contribution in [0.1, 0.15) is 41.0 Å². The molecule has 3 N–H and O–H groups in total. The molecule has 9 heteroatoms. The summed E-state index contributed by atoms with van der Waals surface area (Å²) >= 11 is 5.99. The first-order chi connectivity index (χ1) is 18.2. The molecule has 1 unspecified atom stereocenters. The van der Waals surface area contributed by atoms with E-state index in [2.05, 4.69) is 13.8 Å². The van der Waals surface area contributed by atoms with Gasteiger partial charge in [-0.15, -0.1) is 0 Å². The Kier molecular flexibility index (Phi) is 6.74. The molecule has 0 heterocycles. The Morgan fingerprint density at radius 2 is 1.82 bits per heavy atom. The number of rotatable bonds is 4. The quantitative estimate of drug-likeness (QED) is 0.375. The van der Waals surface area contributed by atoms with Crippen molar-refractivity contribution in [2.24, 2.45) is 34.5 Å². The maximum Gasteiger partial charge on any atom is 0.414 e. The minimum Gasteiger partial charge on any atom is -0.461 e. The number of ether oxygens (including phenoxy) is 2. The average Bonchev–Trinajstić information content (AvgIpc) is 3.36. The number of amides is 1. The fraction of sp³-hybridized carbons (Fsp3) is 0.600. The standard InChI is InChI=1S/C30H38ClNO7/c1-15-13-29-16(2)11-22-23(28(22,4)5)21(25(29)35)12-18(14-38-17(3)33)24(34)30(29,37)26(15)39-27(36)32(6)20-9-7-19(31)8-10-20/h7-10,12-13,16,21-26,34-35,37H,11,14H2,1-6H3/t16-,21+,22-,23+,24-,25?,26+,29+,30+/m1/s1. The van der Waals surface area contributed by atoms with Gasteiger partial charge in [-0.3, -0.25) is 9.69 Å². The molecule has 1 aromatic carbocycles. The van der Waals surface area contributed by atoms with Crippen molar-refractivity contribution >= 4 is 29.4 Å². The number of nitrogens with zero attached hydrogens (tertiary/aromatic N) is 1. The Hall–Kier alpha value is -2.39. The first-order valence-corrected chi connectivity index (χ1v) is 13.9. The van der Waals surface area contributed by atoms with Gasteiger partial charge in [0.15, 0.2) is 6.10 Å². The summed E-state index contributed by atoms with van der Waals surface area (Å²) in [5, 5.41) is 37.3. The molecule has 5 rings (SSSR count). The van der Waals surface area contributed by atoms with E-state index in [0.717, 1.165) is 6.42 Å². The molecule has 39 heavy (non-hydrogen) atoms. The van der Waals surface area contributed by atoms with Crippen molar-refractivity contribution in [1.29, 1.82) is 0 Å². The summed E-state index contributed by atoms with van der Waals surface area (Å²) in [5.41, 5.74) is -2.06. The predicted octanol–water partition coefficient (Wildman–Crippen LogP) is 4.11. The predicted molar refractivity (Wildman–Crippen MR) is 146 cm³/mol. The lowest BCUT2D eigenvalue weighted by molar-refractivity contribution is -0.215. The van der Waals surface area contributed by atoms with Gasteiger partial charge in [-0.05, 0) is 71.9 Å². The van der Waals surface area contributed by atoms with E-state index >= 15 is 0 Å². The SMILES string of the molecule is CC(=O)OCC1=C[C@@H]2C(O)[C@]3(C=C(C)[C@H](OC(=O)N(C)c4ccc(Cl)cc4)[C@@]3(O)[C@@H]1O)[C@H](C)C[C@@H]1[C@H]2C1(C)C. The van der Waals surface area contributed by atoms with Crippen molar-refractivity contribution in [3.8, 4) is 0 Å². The molecule has 9 atom stereocenters. The normalized spacial score (nSPS) is 39.7. The number of esters is 1. The van der Waals surface area contributed by atoms with Gasteiger partial charge in [0, 0.05) is 30.6 Å². The van der Waals surface area contributed by atoms with Crippen LogP contribution in [0.2, 0.25) is 5.02 Å². The van der Waals surface area contributed by atoms with Gasteiger partial charge in [0.05, 0.1) is 11.5 Å². The van der Waals surface area contributed by atoms with Crippen molar-refractivity contribution in [1.82, 2.24) is 0 Å². The number of aliphatic hydroxyl groups is 3. The van der Waals surface area contributed by atoms with Gasteiger partial charge in [-0.25, -0.2) is 4.79 Å². The third-order valence-electron chi connectivity index (χ3n) is 10.1. The van der Waals surface area contributed by atoms with Crippen molar-refractivity contribution in [2.45, 2.75) is 65.0 Å². The van der Waals surface area contributed by atoms with E-state index < -0.39 is 41.4 Å². The molecule has 0 aromatic heterocycles. The molecular weight excluding hydrogens is 522 g/mol. The van der Waals surface area contributed by atoms with Gasteiger partial charge in [-0.1, -0.05) is 44.5 Å². The zero-order valence-corrected chi connectivity index (χ0v) is 24.0. The topological polar surface area (TPSA) is 117 Å². The van der Waals surface area contributed by atoms with Crippen LogP contribution in [0.25, 0.3) is 0 Å². The maximum atomic E-state index is 13.4. The molecule has 4 aliphatic carbocycles. The van der Waals surface area contributed by atoms with E-state index in [1.54, 1.807) is 44.3 Å². The van der Waals surface area contributed by atoms with Crippen LogP contribution < -0.4 is 4.90 Å². The number of hydrogen-bond acceptors (Lipinski definition) is 7. The second-order valence-electron chi connectivity index (χ2n) is 12.5. The zero-order chi connectivity index (χ0) is 28.7. The summed E-state index contributed by atoms with van der Waals surface area (Å²) in [7, 11) is 1.55. The highest BCUT2D eigenvalue weighted by Gasteiger charge is 2.76. The molecule has 4 aliphatic rings. The number of hydrogen-bond donors (Lipinski definition) is 3. The summed E-state index contributed by atoms with van der Waals surface area (Å²) in [6.07, 6.45) is -0.270. The molecule has 1 spiro atoms. The molecule has 1 aromatic rings. The van der Waals surface area contributed by atoms with E-state index in [9.17, 15) is 24.9 Å². The third kappa shape index (κ3) is 3.97. The van der Waals surface area contributed by atoms with E-state index in [0.29, 0.717) is 27.8 Å². The molecule has 1 amide bonds. The van der Waals surface area contributed by atoms with Crippen LogP contribution in [0.15, 0.2) is 47.6 Å². The van der Waals surface area contributed by atoms with E-state index in [1.807, 2.05) is 13.0 Å². The Bertz CT molecular complexity index is 1240. The maximum absolute atomic E-state index is 13.4. The third-order valence-corrected chi connectivity index (χ3v) is 10.4. The number of carbonyl (C=O) groups is 2. The Morgan fingerprint density at radius 3 is 2.44 bits per heavy atom. The molecule has 0 aliphatic heterocycles. The monoisotopic (exact) mass is 559 g/mol. The Morgan fingerprint density at radius 1 is 1.18 bits per heavy atom. The minimum atomic E-state index is -2.10. The number of carbonyl (C=O) groups excluding carboxylic acids is 2. The fourth-order valence-electron chi connectivity index (χ4n) is 8.03. The highest BCUT2D eigenvalue weighted by Crippen LogP contribution is 2.72. The van der Waals surface area contributed by atoms with Crippen LogP contribution in [0.5, 0.6) is 0 Å². The first-order valence-electron chi connectivity index (χ1n) is 13.5. The molecule has 2 saturated carbocycles.